The monoisotopic (exact) mass is 372 g/mol. The number of nitrogens with zero attached hydrogens (tertiary/aromatic N) is 3. The zero-order chi connectivity index (χ0) is 18.4. The topological polar surface area (TPSA) is 82.2 Å². The second-order valence-electron chi connectivity index (χ2n) is 5.45. The molecular formula is C18H20N4O3S. The van der Waals surface area contributed by atoms with Crippen molar-refractivity contribution >= 4 is 17.7 Å². The van der Waals surface area contributed by atoms with Crippen molar-refractivity contribution in [2.45, 2.75) is 18.6 Å². The van der Waals surface area contributed by atoms with Gasteiger partial charge in [0.25, 0.3) is 0 Å². The summed E-state index contributed by atoms with van der Waals surface area (Å²) < 4.78 is 12.7. The molecule has 7 nitrogen and oxygen atoms in total. The Hall–Kier alpha value is -2.74. The number of nitrogens with one attached hydrogen (secondary N) is 1. The highest BCUT2D eigenvalue weighted by molar-refractivity contribution is 7.99. The summed E-state index contributed by atoms with van der Waals surface area (Å²) in [5.41, 5.74) is 0.883. The molecule has 0 atom stereocenters. The van der Waals surface area contributed by atoms with Gasteiger partial charge in [0, 0.05) is 12.1 Å². The first-order valence-electron chi connectivity index (χ1n) is 8.20. The lowest BCUT2D eigenvalue weighted by Gasteiger charge is -2.09. The smallest absolute Gasteiger partial charge is 0.230 e. The SMILES string of the molecule is CCNC(=O)CSc1nnc(-c2cccc(OC)c2)n1Cc1ccco1. The van der Waals surface area contributed by atoms with Crippen LogP contribution in [0.25, 0.3) is 11.4 Å². The predicted octanol–water partition coefficient (Wildman–Crippen LogP) is 2.82. The Balaban J connectivity index is 1.91. The van der Waals surface area contributed by atoms with Crippen molar-refractivity contribution in [2.75, 3.05) is 19.4 Å². The number of carbonyl (C=O) groups excluding carboxylic acids is 1. The average molecular weight is 372 g/mol. The van der Waals surface area contributed by atoms with E-state index in [1.165, 1.54) is 11.8 Å². The van der Waals surface area contributed by atoms with Crippen molar-refractivity contribution in [1.29, 1.82) is 0 Å². The average Bonchev–Trinajstić information content (AvgIpc) is 3.31. The molecule has 136 valence electrons. The third-order valence-corrected chi connectivity index (χ3v) is 4.61. The van der Waals surface area contributed by atoms with E-state index in [9.17, 15) is 4.79 Å². The molecule has 2 heterocycles. The molecule has 0 radical (unpaired) electrons. The maximum atomic E-state index is 11.8. The van der Waals surface area contributed by atoms with Crippen LogP contribution in [0.2, 0.25) is 0 Å². The lowest BCUT2D eigenvalue weighted by atomic mass is 10.2. The molecule has 0 bridgehead atoms. The Kier molecular flexibility index (Phi) is 5.96. The van der Waals surface area contributed by atoms with Gasteiger partial charge in [-0.15, -0.1) is 10.2 Å². The number of carbonyl (C=O) groups is 1. The molecule has 0 unspecified atom stereocenters. The standard InChI is InChI=1S/C18H20N4O3S/c1-3-19-16(23)12-26-18-21-20-17(13-6-4-7-14(10-13)24-2)22(18)11-15-8-5-9-25-15/h4-10H,3,11-12H2,1-2H3,(H,19,23). The minimum absolute atomic E-state index is 0.0343. The van der Waals surface area contributed by atoms with Gasteiger partial charge in [-0.1, -0.05) is 23.9 Å². The number of furan rings is 1. The summed E-state index contributed by atoms with van der Waals surface area (Å²) in [7, 11) is 1.63. The van der Waals surface area contributed by atoms with E-state index in [1.807, 2.05) is 47.9 Å². The molecular weight excluding hydrogens is 352 g/mol. The van der Waals surface area contributed by atoms with Gasteiger partial charge < -0.3 is 14.5 Å². The largest absolute Gasteiger partial charge is 0.497 e. The quantitative estimate of drug-likeness (QED) is 0.612. The number of benzene rings is 1. The van der Waals surface area contributed by atoms with Crippen molar-refractivity contribution in [3.8, 4) is 17.1 Å². The number of ether oxygens (including phenoxy) is 1. The summed E-state index contributed by atoms with van der Waals surface area (Å²) in [5, 5.41) is 12.0. The highest BCUT2D eigenvalue weighted by Gasteiger charge is 2.17. The molecule has 0 aliphatic carbocycles. The molecule has 1 N–H and O–H groups in total. The lowest BCUT2D eigenvalue weighted by Crippen LogP contribution is -2.24. The molecule has 3 aromatic rings. The van der Waals surface area contributed by atoms with Crippen LogP contribution in [-0.4, -0.2) is 40.1 Å². The highest BCUT2D eigenvalue weighted by atomic mass is 32.2. The summed E-state index contributed by atoms with van der Waals surface area (Å²) >= 11 is 1.35. The first kappa shape index (κ1) is 18.1. The number of hydrogen-bond donors (Lipinski definition) is 1. The number of methoxy groups -OCH3 is 1. The van der Waals surface area contributed by atoms with Crippen LogP contribution in [0.1, 0.15) is 12.7 Å². The molecule has 1 aromatic carbocycles. The zero-order valence-corrected chi connectivity index (χ0v) is 15.5. The summed E-state index contributed by atoms with van der Waals surface area (Å²) in [5.74, 6) is 2.47. The minimum Gasteiger partial charge on any atom is -0.497 e. The van der Waals surface area contributed by atoms with Crippen LogP contribution >= 0.6 is 11.8 Å². The van der Waals surface area contributed by atoms with Crippen molar-refractivity contribution in [2.24, 2.45) is 0 Å². The van der Waals surface area contributed by atoms with Crippen molar-refractivity contribution in [3.05, 3.63) is 48.4 Å². The van der Waals surface area contributed by atoms with Crippen LogP contribution in [0.15, 0.2) is 52.2 Å². The third-order valence-electron chi connectivity index (χ3n) is 3.65. The fourth-order valence-electron chi connectivity index (χ4n) is 2.45. The van der Waals surface area contributed by atoms with E-state index in [2.05, 4.69) is 15.5 Å². The van der Waals surface area contributed by atoms with Gasteiger partial charge in [-0.25, -0.2) is 0 Å². The second-order valence-corrected chi connectivity index (χ2v) is 6.39. The first-order chi connectivity index (χ1) is 12.7. The summed E-state index contributed by atoms with van der Waals surface area (Å²) in [6.07, 6.45) is 1.63. The van der Waals surface area contributed by atoms with Crippen molar-refractivity contribution < 1.29 is 13.9 Å². The Morgan fingerprint density at radius 2 is 2.19 bits per heavy atom. The Morgan fingerprint density at radius 1 is 1.31 bits per heavy atom. The van der Waals surface area contributed by atoms with Gasteiger partial charge in [-0.2, -0.15) is 0 Å². The summed E-state index contributed by atoms with van der Waals surface area (Å²) in [6, 6.07) is 11.4. The van der Waals surface area contributed by atoms with Gasteiger partial charge in [0.1, 0.15) is 11.5 Å². The number of thioether (sulfide) groups is 1. The third kappa shape index (κ3) is 4.26. The van der Waals surface area contributed by atoms with Gasteiger partial charge in [0.15, 0.2) is 11.0 Å². The number of rotatable bonds is 8. The molecule has 0 saturated heterocycles. The van der Waals surface area contributed by atoms with E-state index in [1.54, 1.807) is 13.4 Å². The van der Waals surface area contributed by atoms with E-state index >= 15 is 0 Å². The molecule has 3 rings (SSSR count). The van der Waals surface area contributed by atoms with E-state index in [0.717, 1.165) is 17.1 Å². The Morgan fingerprint density at radius 3 is 2.92 bits per heavy atom. The van der Waals surface area contributed by atoms with Crippen molar-refractivity contribution in [3.63, 3.8) is 0 Å². The molecule has 0 spiro atoms. The molecule has 0 fully saturated rings. The van der Waals surface area contributed by atoms with Crippen LogP contribution in [0, 0.1) is 0 Å². The molecule has 26 heavy (non-hydrogen) atoms. The number of amides is 1. The number of hydrogen-bond acceptors (Lipinski definition) is 6. The molecule has 2 aromatic heterocycles. The molecule has 0 aliphatic heterocycles. The van der Waals surface area contributed by atoms with E-state index in [-0.39, 0.29) is 11.7 Å². The molecule has 1 amide bonds. The highest BCUT2D eigenvalue weighted by Crippen LogP contribution is 2.27. The summed E-state index contributed by atoms with van der Waals surface area (Å²) in [6.45, 7) is 2.97. The van der Waals surface area contributed by atoms with Crippen LogP contribution in [-0.2, 0) is 11.3 Å². The Labute approximate surface area is 155 Å². The van der Waals surface area contributed by atoms with Crippen molar-refractivity contribution in [1.82, 2.24) is 20.1 Å². The van der Waals surface area contributed by atoms with Crippen LogP contribution in [0.5, 0.6) is 5.75 Å². The molecule has 0 saturated carbocycles. The van der Waals surface area contributed by atoms with Crippen LogP contribution < -0.4 is 10.1 Å². The zero-order valence-electron chi connectivity index (χ0n) is 14.6. The number of aromatic nitrogens is 3. The predicted molar refractivity (Wildman–Crippen MR) is 99.2 cm³/mol. The van der Waals surface area contributed by atoms with Crippen LogP contribution in [0.3, 0.4) is 0 Å². The van der Waals surface area contributed by atoms with Crippen LogP contribution in [0.4, 0.5) is 0 Å². The molecule has 8 heteroatoms. The van der Waals surface area contributed by atoms with E-state index in [4.69, 9.17) is 9.15 Å². The van der Waals surface area contributed by atoms with Gasteiger partial charge in [-0.3, -0.25) is 9.36 Å². The molecule has 0 aliphatic rings. The second kappa shape index (κ2) is 8.57. The maximum absolute atomic E-state index is 11.8. The van der Waals surface area contributed by atoms with Gasteiger partial charge in [0.05, 0.1) is 25.7 Å². The normalized spacial score (nSPS) is 10.7. The van der Waals surface area contributed by atoms with Gasteiger partial charge >= 0.3 is 0 Å². The lowest BCUT2D eigenvalue weighted by molar-refractivity contribution is -0.118. The summed E-state index contributed by atoms with van der Waals surface area (Å²) in [4.78, 5) is 11.8. The fraction of sp³-hybridized carbons (Fsp3) is 0.278. The first-order valence-corrected chi connectivity index (χ1v) is 9.19. The maximum Gasteiger partial charge on any atom is 0.230 e. The minimum atomic E-state index is -0.0343. The van der Waals surface area contributed by atoms with E-state index < -0.39 is 0 Å². The van der Waals surface area contributed by atoms with Gasteiger partial charge in [0.2, 0.25) is 5.91 Å². The Bertz CT molecular complexity index is 861. The van der Waals surface area contributed by atoms with Gasteiger partial charge in [-0.05, 0) is 31.2 Å². The fourth-order valence-corrected chi connectivity index (χ4v) is 3.22. The van der Waals surface area contributed by atoms with E-state index in [0.29, 0.717) is 24.1 Å².